The van der Waals surface area contributed by atoms with Gasteiger partial charge < -0.3 is 10.1 Å². The number of amides is 1. The number of hydrogen-bond donors (Lipinski definition) is 1. The lowest BCUT2D eigenvalue weighted by Crippen LogP contribution is -2.25. The first-order chi connectivity index (χ1) is 8.63. The number of rotatable bonds is 3. The number of alkyl carbamates (subject to hydrolysis) is 1. The minimum atomic E-state index is -0.456. The van der Waals surface area contributed by atoms with Gasteiger partial charge >= 0.3 is 6.09 Å². The fourth-order valence-corrected chi connectivity index (χ4v) is 1.39. The molecule has 0 fully saturated rings. The van der Waals surface area contributed by atoms with Crippen LogP contribution in [0.15, 0.2) is 24.3 Å². The van der Waals surface area contributed by atoms with E-state index >= 15 is 0 Å². The van der Waals surface area contributed by atoms with Crippen LogP contribution < -0.4 is 5.32 Å². The van der Waals surface area contributed by atoms with E-state index in [0.717, 1.165) is 11.1 Å². The van der Waals surface area contributed by atoms with Crippen LogP contribution in [0.4, 0.5) is 4.79 Å². The summed E-state index contributed by atoms with van der Waals surface area (Å²) in [6.07, 6.45) is 0.181. The topological polar surface area (TPSA) is 55.4 Å². The first-order valence-corrected chi connectivity index (χ1v) is 5.56. The number of carbonyl (C=O) groups is 2. The van der Waals surface area contributed by atoms with Crippen molar-refractivity contribution in [2.24, 2.45) is 0 Å². The van der Waals surface area contributed by atoms with E-state index in [-0.39, 0.29) is 5.78 Å². The van der Waals surface area contributed by atoms with Crippen LogP contribution in [0, 0.1) is 11.8 Å². The van der Waals surface area contributed by atoms with Crippen LogP contribution in [0.5, 0.6) is 0 Å². The van der Waals surface area contributed by atoms with Crippen LogP contribution in [0.2, 0.25) is 0 Å². The number of methoxy groups -OCH3 is 1. The molecule has 0 atom stereocenters. The molecule has 0 saturated heterocycles. The van der Waals surface area contributed by atoms with Gasteiger partial charge in [-0.1, -0.05) is 24.1 Å². The third-order valence-electron chi connectivity index (χ3n) is 2.24. The van der Waals surface area contributed by atoms with Gasteiger partial charge in [0.2, 0.25) is 5.78 Å². The Morgan fingerprint density at radius 1 is 1.33 bits per heavy atom. The normalized spacial score (nSPS) is 9.00. The Bertz CT molecular complexity index is 497. The molecule has 1 aromatic carbocycles. The fraction of sp³-hybridized carbons (Fsp3) is 0.286. The Kier molecular flexibility index (Phi) is 5.46. The van der Waals surface area contributed by atoms with Crippen molar-refractivity contribution < 1.29 is 14.3 Å². The van der Waals surface area contributed by atoms with Crippen molar-refractivity contribution in [1.29, 1.82) is 0 Å². The Labute approximate surface area is 106 Å². The number of ketones is 1. The van der Waals surface area contributed by atoms with Crippen molar-refractivity contribution in [3.8, 4) is 11.8 Å². The second-order valence-corrected chi connectivity index (χ2v) is 3.63. The van der Waals surface area contributed by atoms with E-state index in [9.17, 15) is 9.59 Å². The fourth-order valence-electron chi connectivity index (χ4n) is 1.39. The van der Waals surface area contributed by atoms with Crippen LogP contribution in [0.3, 0.4) is 0 Å². The van der Waals surface area contributed by atoms with Gasteiger partial charge in [0, 0.05) is 19.0 Å². The second kappa shape index (κ2) is 7.13. The summed E-state index contributed by atoms with van der Waals surface area (Å²) >= 11 is 0. The van der Waals surface area contributed by atoms with E-state index in [1.54, 1.807) is 0 Å². The zero-order valence-corrected chi connectivity index (χ0v) is 10.4. The Balaban J connectivity index is 2.69. The van der Waals surface area contributed by atoms with Crippen LogP contribution in [-0.4, -0.2) is 25.5 Å². The molecule has 1 amide bonds. The number of benzene rings is 1. The Morgan fingerprint density at radius 3 is 2.72 bits per heavy atom. The molecule has 0 radical (unpaired) electrons. The largest absolute Gasteiger partial charge is 0.453 e. The molecule has 1 rings (SSSR count). The molecule has 0 saturated carbocycles. The van der Waals surface area contributed by atoms with Crippen LogP contribution in [0.25, 0.3) is 0 Å². The maximum absolute atomic E-state index is 10.9. The van der Waals surface area contributed by atoms with E-state index in [0.29, 0.717) is 13.0 Å². The number of carbonyl (C=O) groups excluding carboxylic acids is 2. The van der Waals surface area contributed by atoms with Crippen LogP contribution in [0.1, 0.15) is 18.1 Å². The maximum Gasteiger partial charge on any atom is 0.406 e. The number of hydrogen-bond acceptors (Lipinski definition) is 3. The van der Waals surface area contributed by atoms with E-state index in [1.165, 1.54) is 14.0 Å². The minimum absolute atomic E-state index is 0.169. The molecule has 0 aliphatic rings. The standard InChI is InChI=1S/C14H15NO3/c1-11(16)7-8-12-5-3-4-6-13(12)9-10-15-14(17)18-2/h3-6H,9-10H2,1-2H3,(H,15,17). The van der Waals surface area contributed by atoms with Crippen molar-refractivity contribution in [2.45, 2.75) is 13.3 Å². The predicted octanol–water partition coefficient (Wildman–Crippen LogP) is 1.53. The maximum atomic E-state index is 10.9. The van der Waals surface area contributed by atoms with Crippen molar-refractivity contribution in [2.75, 3.05) is 13.7 Å². The quantitative estimate of drug-likeness (QED) is 0.821. The minimum Gasteiger partial charge on any atom is -0.453 e. The highest BCUT2D eigenvalue weighted by Gasteiger charge is 2.01. The Morgan fingerprint density at radius 2 is 2.06 bits per heavy atom. The molecule has 0 aromatic heterocycles. The second-order valence-electron chi connectivity index (χ2n) is 3.63. The molecule has 1 N–H and O–H groups in total. The van der Waals surface area contributed by atoms with Crippen LogP contribution >= 0.6 is 0 Å². The highest BCUT2D eigenvalue weighted by Crippen LogP contribution is 2.07. The first-order valence-electron chi connectivity index (χ1n) is 5.56. The van der Waals surface area contributed by atoms with Crippen molar-refractivity contribution >= 4 is 11.9 Å². The smallest absolute Gasteiger partial charge is 0.406 e. The van der Waals surface area contributed by atoms with Gasteiger partial charge in [-0.25, -0.2) is 4.79 Å². The van der Waals surface area contributed by atoms with E-state index in [4.69, 9.17) is 0 Å². The molecule has 4 heteroatoms. The van der Waals surface area contributed by atoms with Gasteiger partial charge in [0.05, 0.1) is 7.11 Å². The lowest BCUT2D eigenvalue weighted by Gasteiger charge is -2.05. The van der Waals surface area contributed by atoms with Crippen molar-refractivity contribution in [1.82, 2.24) is 5.32 Å². The van der Waals surface area contributed by atoms with E-state index < -0.39 is 6.09 Å². The van der Waals surface area contributed by atoms with Crippen molar-refractivity contribution in [3.63, 3.8) is 0 Å². The lowest BCUT2D eigenvalue weighted by atomic mass is 10.0. The predicted molar refractivity (Wildman–Crippen MR) is 68.1 cm³/mol. The molecule has 1 aromatic rings. The SMILES string of the molecule is COC(=O)NCCc1ccccc1C#CC(C)=O. The molecule has 18 heavy (non-hydrogen) atoms. The lowest BCUT2D eigenvalue weighted by molar-refractivity contribution is -0.111. The van der Waals surface area contributed by atoms with Crippen LogP contribution in [-0.2, 0) is 16.0 Å². The van der Waals surface area contributed by atoms with Gasteiger partial charge in [0.25, 0.3) is 0 Å². The van der Waals surface area contributed by atoms with E-state index in [2.05, 4.69) is 21.9 Å². The summed E-state index contributed by atoms with van der Waals surface area (Å²) in [6.45, 7) is 1.89. The molecule has 0 heterocycles. The third kappa shape index (κ3) is 4.71. The van der Waals surface area contributed by atoms with Gasteiger partial charge in [0.1, 0.15) is 0 Å². The summed E-state index contributed by atoms with van der Waals surface area (Å²) in [5.74, 6) is 5.16. The molecular weight excluding hydrogens is 230 g/mol. The Hall–Kier alpha value is -2.28. The summed E-state index contributed by atoms with van der Waals surface area (Å²) in [7, 11) is 1.32. The molecular formula is C14H15NO3. The highest BCUT2D eigenvalue weighted by atomic mass is 16.5. The first kappa shape index (κ1) is 13.8. The zero-order chi connectivity index (χ0) is 13.4. The number of nitrogens with one attached hydrogen (secondary N) is 1. The molecule has 94 valence electrons. The van der Waals surface area contributed by atoms with Gasteiger partial charge in [-0.3, -0.25) is 4.79 Å². The average molecular weight is 245 g/mol. The molecule has 0 unspecified atom stereocenters. The summed E-state index contributed by atoms with van der Waals surface area (Å²) in [5, 5.41) is 2.60. The van der Waals surface area contributed by atoms with Gasteiger partial charge in [0.15, 0.2) is 0 Å². The summed E-state index contributed by atoms with van der Waals surface area (Å²) in [4.78, 5) is 21.7. The molecule has 0 bridgehead atoms. The number of ether oxygens (including phenoxy) is 1. The molecule has 0 spiro atoms. The third-order valence-corrected chi connectivity index (χ3v) is 2.24. The zero-order valence-electron chi connectivity index (χ0n) is 10.4. The van der Waals surface area contributed by atoms with Gasteiger partial charge in [-0.2, -0.15) is 0 Å². The summed E-state index contributed by atoms with van der Waals surface area (Å²) in [6, 6.07) is 7.53. The highest BCUT2D eigenvalue weighted by molar-refractivity contribution is 5.93. The molecule has 0 aliphatic carbocycles. The molecule has 0 aliphatic heterocycles. The average Bonchev–Trinajstić information content (AvgIpc) is 2.37. The monoisotopic (exact) mass is 245 g/mol. The summed E-state index contributed by atoms with van der Waals surface area (Å²) in [5.41, 5.74) is 1.79. The van der Waals surface area contributed by atoms with Gasteiger partial charge in [-0.15, -0.1) is 0 Å². The summed E-state index contributed by atoms with van der Waals surface area (Å²) < 4.78 is 4.47. The van der Waals surface area contributed by atoms with E-state index in [1.807, 2.05) is 24.3 Å². The molecule has 4 nitrogen and oxygen atoms in total. The number of Topliss-reactive ketones (excluding diaryl/α,β-unsaturated/α-hetero) is 1. The van der Waals surface area contributed by atoms with Crippen molar-refractivity contribution in [3.05, 3.63) is 35.4 Å². The van der Waals surface area contributed by atoms with Gasteiger partial charge in [-0.05, 0) is 24.0 Å².